The Bertz CT molecular complexity index is 1800. The number of benzene rings is 5. The molecule has 0 saturated carbocycles. The molecule has 0 aromatic heterocycles. The lowest BCUT2D eigenvalue weighted by molar-refractivity contribution is 0.678. The molecule has 0 unspecified atom stereocenters. The van der Waals surface area contributed by atoms with Gasteiger partial charge in [-0.15, -0.1) is 0 Å². The van der Waals surface area contributed by atoms with Gasteiger partial charge in [0.25, 0.3) is 0 Å². The van der Waals surface area contributed by atoms with Gasteiger partial charge in [-0.2, -0.15) is 0 Å². The number of anilines is 10. The predicted molar refractivity (Wildman–Crippen MR) is 276 cm³/mol. The summed E-state index contributed by atoms with van der Waals surface area (Å²) in [6.07, 6.45) is 14.4. The number of nitrogens with zero attached hydrogens (tertiary/aromatic N) is 6. The van der Waals surface area contributed by atoms with Crippen LogP contribution in [0, 0.1) is 0 Å². The lowest BCUT2D eigenvalue weighted by atomic mass is 10.1. The molecule has 5 aromatic rings. The zero-order valence-electron chi connectivity index (χ0n) is 40.0. The van der Waals surface area contributed by atoms with Crippen molar-refractivity contribution in [2.24, 2.45) is 0 Å². The Labute approximate surface area is 378 Å². The van der Waals surface area contributed by atoms with Crippen LogP contribution in [-0.2, 0) is 0 Å². The van der Waals surface area contributed by atoms with Crippen molar-refractivity contribution in [2.45, 2.75) is 119 Å². The van der Waals surface area contributed by atoms with Crippen molar-refractivity contribution in [1.82, 2.24) is 0 Å². The first kappa shape index (κ1) is 47.9. The van der Waals surface area contributed by atoms with Gasteiger partial charge in [-0.1, -0.05) is 80.1 Å². The average molecular weight is 837 g/mol. The molecule has 6 heteroatoms. The van der Waals surface area contributed by atoms with E-state index in [-0.39, 0.29) is 0 Å². The van der Waals surface area contributed by atoms with Crippen LogP contribution >= 0.6 is 0 Å². The highest BCUT2D eigenvalue weighted by Crippen LogP contribution is 2.41. The van der Waals surface area contributed by atoms with Crippen LogP contribution in [0.15, 0.2) is 121 Å². The van der Waals surface area contributed by atoms with Crippen molar-refractivity contribution in [1.29, 1.82) is 0 Å². The van der Waals surface area contributed by atoms with Crippen LogP contribution in [0.3, 0.4) is 0 Å². The Balaban J connectivity index is 1.55. The summed E-state index contributed by atoms with van der Waals surface area (Å²) < 4.78 is 0. The maximum atomic E-state index is 2.58. The van der Waals surface area contributed by atoms with Gasteiger partial charge in [-0.3, -0.25) is 0 Å². The summed E-state index contributed by atoms with van der Waals surface area (Å²) in [7, 11) is 4.40. The minimum Gasteiger partial charge on any atom is -0.375 e. The number of unbranched alkanes of at least 4 members (excludes halogenated alkanes) is 6. The highest BCUT2D eigenvalue weighted by molar-refractivity contribution is 5.82. The lowest BCUT2D eigenvalue weighted by Crippen LogP contribution is -2.25. The Hall–Kier alpha value is -5.10. The van der Waals surface area contributed by atoms with E-state index in [1.807, 2.05) is 0 Å². The fourth-order valence-electron chi connectivity index (χ4n) is 8.17. The predicted octanol–water partition coefficient (Wildman–Crippen LogP) is 15.9. The zero-order valence-corrected chi connectivity index (χ0v) is 40.0. The van der Waals surface area contributed by atoms with Gasteiger partial charge in [0.2, 0.25) is 0 Å². The van der Waals surface area contributed by atoms with E-state index in [1.54, 1.807) is 0 Å². The molecule has 0 aliphatic heterocycles. The van der Waals surface area contributed by atoms with Crippen molar-refractivity contribution in [3.05, 3.63) is 121 Å². The molecule has 0 amide bonds. The Morgan fingerprint density at radius 3 is 0.629 bits per heavy atom. The van der Waals surface area contributed by atoms with Gasteiger partial charge in [0.1, 0.15) is 0 Å². The van der Waals surface area contributed by atoms with Crippen molar-refractivity contribution >= 4 is 56.9 Å². The van der Waals surface area contributed by atoms with Crippen LogP contribution in [0.5, 0.6) is 0 Å². The second-order valence-electron chi connectivity index (χ2n) is 17.2. The van der Waals surface area contributed by atoms with E-state index in [0.29, 0.717) is 0 Å². The molecule has 5 aromatic carbocycles. The minimum absolute atomic E-state index is 1.06. The summed E-state index contributed by atoms with van der Waals surface area (Å²) in [6.45, 7) is 20.2. The normalized spacial score (nSPS) is 11.1. The van der Waals surface area contributed by atoms with E-state index in [9.17, 15) is 0 Å². The van der Waals surface area contributed by atoms with Gasteiger partial charge >= 0.3 is 0 Å². The van der Waals surface area contributed by atoms with E-state index >= 15 is 0 Å². The van der Waals surface area contributed by atoms with Crippen molar-refractivity contribution < 1.29 is 0 Å². The summed E-state index contributed by atoms with van der Waals surface area (Å²) in [5, 5.41) is 0. The summed E-state index contributed by atoms with van der Waals surface area (Å²) in [4.78, 5) is 14.7. The molecule has 6 nitrogen and oxygen atoms in total. The quantitative estimate of drug-likeness (QED) is 0.0496. The highest BCUT2D eigenvalue weighted by atomic mass is 15.2. The fourth-order valence-corrected chi connectivity index (χ4v) is 8.17. The Morgan fingerprint density at radius 1 is 0.242 bits per heavy atom. The molecule has 0 aliphatic rings. The molecule has 0 atom stereocenters. The molecule has 334 valence electrons. The van der Waals surface area contributed by atoms with Crippen molar-refractivity contribution in [2.75, 3.05) is 82.8 Å². The maximum Gasteiger partial charge on any atom is 0.0463 e. The molecule has 0 heterocycles. The van der Waals surface area contributed by atoms with E-state index in [1.165, 1.54) is 99.8 Å². The Morgan fingerprint density at radius 2 is 0.419 bits per heavy atom. The third-order valence-corrected chi connectivity index (χ3v) is 12.2. The first-order valence-electron chi connectivity index (χ1n) is 24.4. The fraction of sp³-hybridized carbons (Fsp3) is 0.464. The van der Waals surface area contributed by atoms with Crippen LogP contribution in [-0.4, -0.2) is 53.4 Å². The third kappa shape index (κ3) is 13.4. The molecular formula is C56H80N6. The Kier molecular flexibility index (Phi) is 19.9. The van der Waals surface area contributed by atoms with Crippen LogP contribution in [0.1, 0.15) is 119 Å². The van der Waals surface area contributed by atoms with E-state index in [2.05, 4.69) is 206 Å². The van der Waals surface area contributed by atoms with E-state index in [0.717, 1.165) is 73.4 Å². The van der Waals surface area contributed by atoms with Crippen LogP contribution in [0.2, 0.25) is 0 Å². The van der Waals surface area contributed by atoms with Gasteiger partial charge in [-0.25, -0.2) is 0 Å². The van der Waals surface area contributed by atoms with Crippen LogP contribution in [0.4, 0.5) is 56.9 Å². The summed E-state index contributed by atoms with van der Waals surface area (Å²) in [6, 6.07) is 46.0. The van der Waals surface area contributed by atoms with Crippen LogP contribution < -0.4 is 29.4 Å². The number of rotatable bonds is 28. The molecule has 0 fully saturated rings. The van der Waals surface area contributed by atoms with Crippen molar-refractivity contribution in [3.8, 4) is 0 Å². The molecule has 0 aliphatic carbocycles. The maximum absolute atomic E-state index is 2.58. The molecule has 0 spiro atoms. The van der Waals surface area contributed by atoms with Gasteiger partial charge in [-0.05, 0) is 160 Å². The smallest absolute Gasteiger partial charge is 0.0463 e. The first-order valence-corrected chi connectivity index (χ1v) is 24.4. The summed E-state index contributed by atoms with van der Waals surface area (Å²) >= 11 is 0. The molecule has 0 radical (unpaired) electrons. The molecule has 0 bridgehead atoms. The SMILES string of the molecule is CCCCN(C)c1ccc(N(c2ccc(N(C)CCCC)cc2)c2ccc(N(c3ccc(N(CCCC)CCCC)cc3)c3ccc(N(CCCC)CCCC)cc3)cc2)cc1. The third-order valence-electron chi connectivity index (χ3n) is 12.2. The number of hydrogen-bond acceptors (Lipinski definition) is 6. The standard InChI is InChI=1S/C56H80N6/c1-9-15-41-57(7)47-21-29-51(30-22-47)61(52-31-23-48(24-32-52)58(8)42-16-10-2)55-37-39-56(40-38-55)62(53-33-25-49(26-34-53)59(43-17-11-3)44-18-12-4)54-35-27-50(28-36-54)60(45-19-13-5)46-20-14-6/h21-40H,9-20,41-46H2,1-8H3. The van der Waals surface area contributed by atoms with Gasteiger partial charge in [0, 0.05) is 110 Å². The molecule has 5 rings (SSSR count). The van der Waals surface area contributed by atoms with Crippen LogP contribution in [0.25, 0.3) is 0 Å². The largest absolute Gasteiger partial charge is 0.375 e. The lowest BCUT2D eigenvalue weighted by Gasteiger charge is -2.30. The summed E-state index contributed by atoms with van der Waals surface area (Å²) in [5.41, 5.74) is 12.0. The monoisotopic (exact) mass is 837 g/mol. The highest BCUT2D eigenvalue weighted by Gasteiger charge is 2.18. The first-order chi connectivity index (χ1) is 30.3. The molecule has 0 saturated heterocycles. The van der Waals surface area contributed by atoms with E-state index < -0.39 is 0 Å². The minimum atomic E-state index is 1.06. The van der Waals surface area contributed by atoms with Crippen molar-refractivity contribution in [3.63, 3.8) is 0 Å². The van der Waals surface area contributed by atoms with E-state index in [4.69, 9.17) is 0 Å². The molecule has 62 heavy (non-hydrogen) atoms. The zero-order chi connectivity index (χ0) is 44.1. The van der Waals surface area contributed by atoms with Gasteiger partial charge in [0.05, 0.1) is 0 Å². The average Bonchev–Trinajstić information content (AvgIpc) is 3.31. The molecular weight excluding hydrogens is 757 g/mol. The molecule has 0 N–H and O–H groups in total. The summed E-state index contributed by atoms with van der Waals surface area (Å²) in [5.74, 6) is 0. The second kappa shape index (κ2) is 25.7. The number of hydrogen-bond donors (Lipinski definition) is 0. The second-order valence-corrected chi connectivity index (χ2v) is 17.2. The van der Waals surface area contributed by atoms with Gasteiger partial charge in [0.15, 0.2) is 0 Å². The topological polar surface area (TPSA) is 19.4 Å². The van der Waals surface area contributed by atoms with Gasteiger partial charge < -0.3 is 29.4 Å².